The zero-order valence-electron chi connectivity index (χ0n) is 9.25. The van der Waals surface area contributed by atoms with Crippen LogP contribution in [0.3, 0.4) is 0 Å². The Morgan fingerprint density at radius 1 is 1.06 bits per heavy atom. The van der Waals surface area contributed by atoms with Crippen LogP contribution in [0, 0.1) is 0 Å². The molecule has 0 bridgehead atoms. The lowest BCUT2D eigenvalue weighted by molar-refractivity contribution is -0.0154. The maximum Gasteiger partial charge on any atom is 0.122 e. The average molecular weight is 228 g/mol. The molecule has 0 aromatic heterocycles. The minimum absolute atomic E-state index is 0.428. The SMILES string of the molecule is COc1cc(OC)cc(C(O)C(O)CO)c1. The summed E-state index contributed by atoms with van der Waals surface area (Å²) in [6, 6.07) is 4.81. The molecular formula is C11H16O5. The minimum atomic E-state index is -1.23. The molecular weight excluding hydrogens is 212 g/mol. The van der Waals surface area contributed by atoms with Gasteiger partial charge in [-0.15, -0.1) is 0 Å². The summed E-state index contributed by atoms with van der Waals surface area (Å²) in [5.41, 5.74) is 0.428. The van der Waals surface area contributed by atoms with Crippen LogP contribution in [0.1, 0.15) is 11.7 Å². The van der Waals surface area contributed by atoms with Gasteiger partial charge >= 0.3 is 0 Å². The van der Waals surface area contributed by atoms with E-state index in [1.165, 1.54) is 14.2 Å². The van der Waals surface area contributed by atoms with Crippen molar-refractivity contribution in [2.75, 3.05) is 20.8 Å². The molecule has 1 rings (SSSR count). The smallest absolute Gasteiger partial charge is 0.122 e. The molecule has 0 amide bonds. The third kappa shape index (κ3) is 2.85. The fraction of sp³-hybridized carbons (Fsp3) is 0.455. The second-order valence-electron chi connectivity index (χ2n) is 3.34. The van der Waals surface area contributed by atoms with Crippen LogP contribution in [-0.4, -0.2) is 42.3 Å². The second kappa shape index (κ2) is 5.69. The maximum absolute atomic E-state index is 9.71. The van der Waals surface area contributed by atoms with Gasteiger partial charge in [0.05, 0.1) is 20.8 Å². The van der Waals surface area contributed by atoms with Gasteiger partial charge in [0.1, 0.15) is 23.7 Å². The summed E-state index contributed by atoms with van der Waals surface area (Å²) in [6.07, 6.45) is -2.40. The van der Waals surface area contributed by atoms with Crippen molar-refractivity contribution in [3.8, 4) is 11.5 Å². The maximum atomic E-state index is 9.71. The summed E-state index contributed by atoms with van der Waals surface area (Å²) in [6.45, 7) is -0.513. The van der Waals surface area contributed by atoms with Crippen molar-refractivity contribution in [1.82, 2.24) is 0 Å². The normalized spacial score (nSPS) is 14.3. The van der Waals surface area contributed by atoms with E-state index in [1.54, 1.807) is 18.2 Å². The Bertz CT molecular complexity index is 317. The first kappa shape index (κ1) is 12.8. The summed E-state index contributed by atoms with van der Waals surface area (Å²) in [4.78, 5) is 0. The van der Waals surface area contributed by atoms with Gasteiger partial charge in [-0.3, -0.25) is 0 Å². The topological polar surface area (TPSA) is 79.2 Å². The van der Waals surface area contributed by atoms with Gasteiger partial charge in [0.25, 0.3) is 0 Å². The highest BCUT2D eigenvalue weighted by Gasteiger charge is 2.18. The fourth-order valence-corrected chi connectivity index (χ4v) is 1.32. The zero-order chi connectivity index (χ0) is 12.1. The molecule has 0 aliphatic heterocycles. The molecule has 16 heavy (non-hydrogen) atoms. The average Bonchev–Trinajstić information content (AvgIpc) is 2.35. The molecule has 0 aliphatic carbocycles. The molecule has 2 unspecified atom stereocenters. The largest absolute Gasteiger partial charge is 0.497 e. The first-order chi connectivity index (χ1) is 7.62. The van der Waals surface area contributed by atoms with E-state index >= 15 is 0 Å². The molecule has 2 atom stereocenters. The molecule has 0 fully saturated rings. The van der Waals surface area contributed by atoms with Crippen LogP contribution < -0.4 is 9.47 Å². The van der Waals surface area contributed by atoms with Crippen LogP contribution in [0.4, 0.5) is 0 Å². The Kier molecular flexibility index (Phi) is 4.54. The zero-order valence-corrected chi connectivity index (χ0v) is 9.25. The minimum Gasteiger partial charge on any atom is -0.497 e. The third-order valence-corrected chi connectivity index (χ3v) is 2.27. The first-order valence-electron chi connectivity index (χ1n) is 4.82. The number of methoxy groups -OCH3 is 2. The van der Waals surface area contributed by atoms with E-state index in [4.69, 9.17) is 14.6 Å². The molecule has 1 aromatic carbocycles. The van der Waals surface area contributed by atoms with E-state index in [0.717, 1.165) is 0 Å². The summed E-state index contributed by atoms with van der Waals surface area (Å²) in [5, 5.41) is 27.8. The number of hydrogen-bond acceptors (Lipinski definition) is 5. The second-order valence-corrected chi connectivity index (χ2v) is 3.34. The van der Waals surface area contributed by atoms with Crippen molar-refractivity contribution in [2.45, 2.75) is 12.2 Å². The van der Waals surface area contributed by atoms with Crippen molar-refractivity contribution in [1.29, 1.82) is 0 Å². The van der Waals surface area contributed by atoms with E-state index in [0.29, 0.717) is 17.1 Å². The highest BCUT2D eigenvalue weighted by Crippen LogP contribution is 2.27. The molecule has 0 aliphatic rings. The number of ether oxygens (including phenoxy) is 2. The van der Waals surface area contributed by atoms with Gasteiger partial charge in [0, 0.05) is 6.07 Å². The Hall–Kier alpha value is -1.30. The van der Waals surface area contributed by atoms with Gasteiger partial charge in [0.15, 0.2) is 0 Å². The number of rotatable bonds is 5. The monoisotopic (exact) mass is 228 g/mol. The lowest BCUT2D eigenvalue weighted by Gasteiger charge is -2.17. The molecule has 0 heterocycles. The molecule has 0 saturated carbocycles. The summed E-state index contributed by atoms with van der Waals surface area (Å²) >= 11 is 0. The Morgan fingerprint density at radius 3 is 1.94 bits per heavy atom. The van der Waals surface area contributed by atoms with E-state index in [-0.39, 0.29) is 0 Å². The van der Waals surface area contributed by atoms with Gasteiger partial charge in [-0.25, -0.2) is 0 Å². The van der Waals surface area contributed by atoms with E-state index in [1.807, 2.05) is 0 Å². The van der Waals surface area contributed by atoms with Crippen LogP contribution in [0.15, 0.2) is 18.2 Å². The summed E-state index contributed by atoms with van der Waals surface area (Å²) < 4.78 is 10.1. The number of aliphatic hydroxyl groups excluding tert-OH is 3. The Morgan fingerprint density at radius 2 is 1.56 bits per heavy atom. The number of hydrogen-bond donors (Lipinski definition) is 3. The Labute approximate surface area is 93.9 Å². The highest BCUT2D eigenvalue weighted by atomic mass is 16.5. The Balaban J connectivity index is 3.02. The predicted octanol–water partition coefficient (Wildman–Crippen LogP) is 0.0904. The van der Waals surface area contributed by atoms with E-state index < -0.39 is 18.8 Å². The quantitative estimate of drug-likeness (QED) is 0.665. The summed E-state index contributed by atoms with van der Waals surface area (Å²) in [7, 11) is 2.99. The summed E-state index contributed by atoms with van der Waals surface area (Å²) in [5.74, 6) is 1.03. The van der Waals surface area contributed by atoms with Gasteiger partial charge < -0.3 is 24.8 Å². The molecule has 1 aromatic rings. The van der Waals surface area contributed by atoms with Crippen LogP contribution in [-0.2, 0) is 0 Å². The predicted molar refractivity (Wildman–Crippen MR) is 57.6 cm³/mol. The molecule has 5 nitrogen and oxygen atoms in total. The molecule has 0 radical (unpaired) electrons. The van der Waals surface area contributed by atoms with Gasteiger partial charge in [-0.1, -0.05) is 0 Å². The van der Waals surface area contributed by atoms with Gasteiger partial charge in [-0.05, 0) is 17.7 Å². The fourth-order valence-electron chi connectivity index (χ4n) is 1.32. The van der Waals surface area contributed by atoms with Crippen molar-refractivity contribution < 1.29 is 24.8 Å². The molecule has 3 N–H and O–H groups in total. The highest BCUT2D eigenvalue weighted by molar-refractivity contribution is 5.39. The first-order valence-corrected chi connectivity index (χ1v) is 4.82. The third-order valence-electron chi connectivity index (χ3n) is 2.27. The van der Waals surface area contributed by atoms with Gasteiger partial charge in [0.2, 0.25) is 0 Å². The number of aliphatic hydroxyl groups is 3. The van der Waals surface area contributed by atoms with Crippen molar-refractivity contribution in [3.05, 3.63) is 23.8 Å². The molecule has 5 heteroatoms. The molecule has 0 saturated heterocycles. The number of benzene rings is 1. The van der Waals surface area contributed by atoms with Crippen molar-refractivity contribution in [2.24, 2.45) is 0 Å². The standard InChI is InChI=1S/C11H16O5/c1-15-8-3-7(4-9(5-8)16-2)11(14)10(13)6-12/h3-5,10-14H,6H2,1-2H3. The van der Waals surface area contributed by atoms with Crippen molar-refractivity contribution in [3.63, 3.8) is 0 Å². The van der Waals surface area contributed by atoms with Crippen LogP contribution in [0.5, 0.6) is 11.5 Å². The van der Waals surface area contributed by atoms with E-state index in [9.17, 15) is 10.2 Å². The molecule has 0 spiro atoms. The lowest BCUT2D eigenvalue weighted by atomic mass is 10.0. The van der Waals surface area contributed by atoms with Crippen LogP contribution in [0.25, 0.3) is 0 Å². The molecule has 90 valence electrons. The lowest BCUT2D eigenvalue weighted by Crippen LogP contribution is -2.22. The van der Waals surface area contributed by atoms with Crippen molar-refractivity contribution >= 4 is 0 Å². The van der Waals surface area contributed by atoms with Crippen LogP contribution >= 0.6 is 0 Å². The van der Waals surface area contributed by atoms with Gasteiger partial charge in [-0.2, -0.15) is 0 Å². The van der Waals surface area contributed by atoms with E-state index in [2.05, 4.69) is 0 Å². The van der Waals surface area contributed by atoms with Crippen LogP contribution in [0.2, 0.25) is 0 Å².